The summed E-state index contributed by atoms with van der Waals surface area (Å²) in [6.45, 7) is 1.53. The molecule has 2 N–H and O–H groups in total. The first kappa shape index (κ1) is 19.3. The minimum absolute atomic E-state index is 0.0744. The highest BCUT2D eigenvalue weighted by Gasteiger charge is 2.08. The summed E-state index contributed by atoms with van der Waals surface area (Å²) in [5, 5.41) is 15.0. The molecule has 0 atom stereocenters. The van der Waals surface area contributed by atoms with Crippen LogP contribution in [0.2, 0.25) is 0 Å². The van der Waals surface area contributed by atoms with E-state index in [1.54, 1.807) is 19.2 Å². The molecule has 0 spiro atoms. The molecule has 0 aliphatic heterocycles. The molecule has 0 fully saturated rings. The Morgan fingerprint density at radius 3 is 2.52 bits per heavy atom. The fraction of sp³-hybridized carbons (Fsp3) is 0.250. The van der Waals surface area contributed by atoms with Crippen molar-refractivity contribution in [1.29, 1.82) is 0 Å². The highest BCUT2D eigenvalue weighted by Crippen LogP contribution is 2.29. The maximum atomic E-state index is 12.9. The lowest BCUT2D eigenvalue weighted by Gasteiger charge is -2.12. The standard InChI is InChI=1S/C20H21FN2O3S/c1-25-18-7-4-15(10-22-9-14-2-5-16(21)6-3-14)8-19(18)26-12-20-23-17(11-24)13-27-20/h2-8,13,22,24H,9-12H2,1H3. The van der Waals surface area contributed by atoms with Gasteiger partial charge >= 0.3 is 0 Å². The van der Waals surface area contributed by atoms with E-state index in [4.69, 9.17) is 14.6 Å². The molecule has 1 aromatic heterocycles. The molecule has 3 rings (SSSR count). The molecule has 0 saturated carbocycles. The molecule has 0 saturated heterocycles. The normalized spacial score (nSPS) is 10.8. The first-order valence-electron chi connectivity index (χ1n) is 8.47. The fourth-order valence-corrected chi connectivity index (χ4v) is 3.22. The number of rotatable bonds is 9. The van der Waals surface area contributed by atoms with E-state index >= 15 is 0 Å². The van der Waals surface area contributed by atoms with Crippen LogP contribution in [0.15, 0.2) is 47.8 Å². The molecule has 0 aliphatic rings. The zero-order valence-electron chi connectivity index (χ0n) is 14.9. The van der Waals surface area contributed by atoms with Crippen LogP contribution in [-0.2, 0) is 26.3 Å². The van der Waals surface area contributed by atoms with Crippen LogP contribution < -0.4 is 14.8 Å². The highest BCUT2D eigenvalue weighted by molar-refractivity contribution is 7.09. The van der Waals surface area contributed by atoms with E-state index in [9.17, 15) is 4.39 Å². The number of hydrogen-bond acceptors (Lipinski definition) is 6. The van der Waals surface area contributed by atoms with E-state index in [2.05, 4.69) is 10.3 Å². The van der Waals surface area contributed by atoms with Crippen molar-refractivity contribution < 1.29 is 19.0 Å². The van der Waals surface area contributed by atoms with Crippen LogP contribution in [0.1, 0.15) is 21.8 Å². The Bertz CT molecular complexity index is 868. The van der Waals surface area contributed by atoms with Crippen LogP contribution in [0.3, 0.4) is 0 Å². The van der Waals surface area contributed by atoms with Crippen molar-refractivity contribution in [3.63, 3.8) is 0 Å². The predicted molar refractivity (Wildman–Crippen MR) is 102 cm³/mol. The van der Waals surface area contributed by atoms with Crippen molar-refractivity contribution in [3.8, 4) is 11.5 Å². The summed E-state index contributed by atoms with van der Waals surface area (Å²) in [4.78, 5) is 4.27. The van der Waals surface area contributed by atoms with Crippen LogP contribution in [0.4, 0.5) is 4.39 Å². The molecule has 142 valence electrons. The molecule has 27 heavy (non-hydrogen) atoms. The van der Waals surface area contributed by atoms with Gasteiger partial charge in [0.15, 0.2) is 11.5 Å². The Labute approximate surface area is 161 Å². The smallest absolute Gasteiger partial charge is 0.162 e. The van der Waals surface area contributed by atoms with Gasteiger partial charge in [-0.25, -0.2) is 9.37 Å². The zero-order valence-corrected chi connectivity index (χ0v) is 15.8. The number of halogens is 1. The Balaban J connectivity index is 1.59. The quantitative estimate of drug-likeness (QED) is 0.586. The summed E-state index contributed by atoms with van der Waals surface area (Å²) in [5.41, 5.74) is 2.71. The number of thiazole rings is 1. The van der Waals surface area contributed by atoms with Crippen LogP contribution in [0.5, 0.6) is 11.5 Å². The van der Waals surface area contributed by atoms with Gasteiger partial charge in [-0.05, 0) is 35.4 Å². The van der Waals surface area contributed by atoms with Crippen LogP contribution in [-0.4, -0.2) is 17.2 Å². The maximum Gasteiger partial charge on any atom is 0.162 e. The Hall–Kier alpha value is -2.48. The summed E-state index contributed by atoms with van der Waals surface area (Å²) in [5.74, 6) is 1.05. The van der Waals surface area contributed by atoms with E-state index in [-0.39, 0.29) is 12.4 Å². The minimum Gasteiger partial charge on any atom is -0.493 e. The number of aliphatic hydroxyl groups excluding tert-OH is 1. The van der Waals surface area contributed by atoms with Gasteiger partial charge in [0, 0.05) is 18.5 Å². The molecule has 0 bridgehead atoms. The third-order valence-electron chi connectivity index (χ3n) is 3.91. The lowest BCUT2D eigenvalue weighted by atomic mass is 10.2. The van der Waals surface area contributed by atoms with E-state index in [1.807, 2.05) is 23.6 Å². The molecule has 7 heteroatoms. The van der Waals surface area contributed by atoms with Crippen molar-refractivity contribution in [2.24, 2.45) is 0 Å². The maximum absolute atomic E-state index is 12.9. The first-order chi connectivity index (χ1) is 13.2. The minimum atomic E-state index is -0.234. The number of aromatic nitrogens is 1. The van der Waals surface area contributed by atoms with Crippen molar-refractivity contribution in [2.75, 3.05) is 7.11 Å². The number of aliphatic hydroxyl groups is 1. The number of benzene rings is 2. The molecule has 0 radical (unpaired) electrons. The highest BCUT2D eigenvalue weighted by atomic mass is 32.1. The van der Waals surface area contributed by atoms with Gasteiger partial charge in [-0.2, -0.15) is 0 Å². The molecule has 0 amide bonds. The van der Waals surface area contributed by atoms with Gasteiger partial charge < -0.3 is 19.9 Å². The van der Waals surface area contributed by atoms with Gasteiger partial charge in [-0.1, -0.05) is 18.2 Å². The van der Waals surface area contributed by atoms with E-state index < -0.39 is 0 Å². The molecule has 0 aliphatic carbocycles. The summed E-state index contributed by atoms with van der Waals surface area (Å²) in [6.07, 6.45) is 0. The molecular formula is C20H21FN2O3S. The summed E-state index contributed by atoms with van der Waals surface area (Å²) in [6, 6.07) is 12.2. The topological polar surface area (TPSA) is 63.6 Å². The summed E-state index contributed by atoms with van der Waals surface area (Å²) < 4.78 is 24.2. The summed E-state index contributed by atoms with van der Waals surface area (Å²) >= 11 is 1.45. The second kappa shape index (κ2) is 9.45. The van der Waals surface area contributed by atoms with Gasteiger partial charge in [0.2, 0.25) is 0 Å². The molecule has 0 unspecified atom stereocenters. The van der Waals surface area contributed by atoms with E-state index in [1.165, 1.54) is 23.5 Å². The van der Waals surface area contributed by atoms with Crippen LogP contribution >= 0.6 is 11.3 Å². The number of nitrogens with zero attached hydrogens (tertiary/aromatic N) is 1. The van der Waals surface area contributed by atoms with Crippen molar-refractivity contribution in [2.45, 2.75) is 26.3 Å². The Morgan fingerprint density at radius 1 is 1.07 bits per heavy atom. The average molecular weight is 388 g/mol. The molecule has 1 heterocycles. The van der Waals surface area contributed by atoms with Gasteiger partial charge in [0.25, 0.3) is 0 Å². The Kier molecular flexibility index (Phi) is 6.75. The van der Waals surface area contributed by atoms with Gasteiger partial charge in [-0.3, -0.25) is 0 Å². The zero-order chi connectivity index (χ0) is 19.1. The van der Waals surface area contributed by atoms with E-state index in [0.29, 0.717) is 36.9 Å². The van der Waals surface area contributed by atoms with Crippen LogP contribution in [0, 0.1) is 5.82 Å². The van der Waals surface area contributed by atoms with Crippen molar-refractivity contribution >= 4 is 11.3 Å². The number of ether oxygens (including phenoxy) is 2. The number of hydrogen-bond donors (Lipinski definition) is 2. The predicted octanol–water partition coefficient (Wildman–Crippen LogP) is 3.65. The molecule has 5 nitrogen and oxygen atoms in total. The third kappa shape index (κ3) is 5.50. The second-order valence-electron chi connectivity index (χ2n) is 5.89. The second-order valence-corrected chi connectivity index (χ2v) is 6.84. The molecule has 3 aromatic rings. The van der Waals surface area contributed by atoms with Gasteiger partial charge in [0.1, 0.15) is 17.4 Å². The SMILES string of the molecule is COc1ccc(CNCc2ccc(F)cc2)cc1OCc1nc(CO)cs1. The van der Waals surface area contributed by atoms with Gasteiger partial charge in [0.05, 0.1) is 19.4 Å². The third-order valence-corrected chi connectivity index (χ3v) is 4.78. The fourth-order valence-electron chi connectivity index (χ4n) is 2.52. The summed E-state index contributed by atoms with van der Waals surface area (Å²) in [7, 11) is 1.60. The van der Waals surface area contributed by atoms with Crippen molar-refractivity contribution in [1.82, 2.24) is 10.3 Å². The number of methoxy groups -OCH3 is 1. The largest absolute Gasteiger partial charge is 0.493 e. The lowest BCUT2D eigenvalue weighted by Crippen LogP contribution is -2.12. The van der Waals surface area contributed by atoms with Gasteiger partial charge in [-0.15, -0.1) is 11.3 Å². The first-order valence-corrected chi connectivity index (χ1v) is 9.35. The molecular weight excluding hydrogens is 367 g/mol. The average Bonchev–Trinajstić information content (AvgIpc) is 3.16. The monoisotopic (exact) mass is 388 g/mol. The molecule has 2 aromatic carbocycles. The van der Waals surface area contributed by atoms with E-state index in [0.717, 1.165) is 16.1 Å². The Morgan fingerprint density at radius 2 is 1.81 bits per heavy atom. The van der Waals surface area contributed by atoms with Crippen molar-refractivity contribution in [3.05, 3.63) is 75.5 Å². The lowest BCUT2D eigenvalue weighted by molar-refractivity contribution is 0.272. The number of nitrogens with one attached hydrogen (secondary N) is 1. The van der Waals surface area contributed by atoms with Crippen LogP contribution in [0.25, 0.3) is 0 Å².